The van der Waals surface area contributed by atoms with Crippen molar-refractivity contribution in [2.45, 2.75) is 51.8 Å². The molecular formula is C24H28N2O5. The summed E-state index contributed by atoms with van der Waals surface area (Å²) in [6.07, 6.45) is 0.753. The fourth-order valence-corrected chi connectivity index (χ4v) is 3.90. The molecular weight excluding hydrogens is 396 g/mol. The van der Waals surface area contributed by atoms with Crippen LogP contribution in [0.15, 0.2) is 48.5 Å². The minimum absolute atomic E-state index is 0.120. The zero-order valence-corrected chi connectivity index (χ0v) is 17.8. The van der Waals surface area contributed by atoms with Gasteiger partial charge < -0.3 is 15.2 Å². The maximum atomic E-state index is 12.9. The van der Waals surface area contributed by atoms with Crippen molar-refractivity contribution in [3.63, 3.8) is 0 Å². The number of amides is 2. The van der Waals surface area contributed by atoms with Crippen LogP contribution in [-0.2, 0) is 27.4 Å². The van der Waals surface area contributed by atoms with E-state index in [-0.39, 0.29) is 13.0 Å². The number of carboxylic acids is 1. The molecule has 0 bridgehead atoms. The highest BCUT2D eigenvalue weighted by molar-refractivity contribution is 5.89. The fraction of sp³-hybridized carbons (Fsp3) is 0.375. The summed E-state index contributed by atoms with van der Waals surface area (Å²) in [6.45, 7) is 4.37. The monoisotopic (exact) mass is 424 g/mol. The first-order valence-corrected chi connectivity index (χ1v) is 10.4. The second kappa shape index (κ2) is 10.1. The summed E-state index contributed by atoms with van der Waals surface area (Å²) >= 11 is 0. The van der Waals surface area contributed by atoms with Gasteiger partial charge in [0.05, 0.1) is 0 Å². The molecule has 1 saturated heterocycles. The summed E-state index contributed by atoms with van der Waals surface area (Å²) in [4.78, 5) is 38.6. The van der Waals surface area contributed by atoms with Crippen LogP contribution in [0.25, 0.3) is 0 Å². The van der Waals surface area contributed by atoms with E-state index >= 15 is 0 Å². The molecule has 31 heavy (non-hydrogen) atoms. The number of likely N-dealkylation sites (tertiary alicyclic amines) is 1. The molecule has 0 unspecified atom stereocenters. The molecule has 1 aliphatic heterocycles. The predicted octanol–water partition coefficient (Wildman–Crippen LogP) is 3.22. The third kappa shape index (κ3) is 5.63. The molecule has 1 aliphatic rings. The number of aryl methyl sites for hydroxylation is 2. The van der Waals surface area contributed by atoms with E-state index in [1.165, 1.54) is 4.90 Å². The number of hydrogen-bond acceptors (Lipinski definition) is 4. The van der Waals surface area contributed by atoms with Gasteiger partial charge in [0.25, 0.3) is 0 Å². The van der Waals surface area contributed by atoms with Crippen LogP contribution in [0.1, 0.15) is 35.1 Å². The molecule has 2 aromatic rings. The topological polar surface area (TPSA) is 95.9 Å². The maximum Gasteiger partial charge on any atom is 0.410 e. The summed E-state index contributed by atoms with van der Waals surface area (Å²) in [5, 5.41) is 12.3. The Morgan fingerprint density at radius 3 is 2.42 bits per heavy atom. The van der Waals surface area contributed by atoms with E-state index in [1.807, 2.05) is 62.4 Å². The summed E-state index contributed by atoms with van der Waals surface area (Å²) in [5.41, 5.74) is 3.72. The van der Waals surface area contributed by atoms with E-state index < -0.39 is 30.1 Å². The molecule has 2 N–H and O–H groups in total. The molecule has 164 valence electrons. The van der Waals surface area contributed by atoms with Crippen LogP contribution < -0.4 is 5.32 Å². The molecule has 7 nitrogen and oxygen atoms in total. The summed E-state index contributed by atoms with van der Waals surface area (Å²) in [5.74, 6) is -1.57. The first kappa shape index (κ1) is 22.3. The molecule has 2 aromatic carbocycles. The van der Waals surface area contributed by atoms with E-state index in [1.54, 1.807) is 0 Å². The Kier molecular flexibility index (Phi) is 7.28. The predicted molar refractivity (Wildman–Crippen MR) is 116 cm³/mol. The molecule has 0 aromatic heterocycles. The van der Waals surface area contributed by atoms with Gasteiger partial charge in [-0.05, 0) is 48.9 Å². The van der Waals surface area contributed by atoms with Gasteiger partial charge >= 0.3 is 12.1 Å². The third-order valence-corrected chi connectivity index (χ3v) is 5.66. The molecule has 0 radical (unpaired) electrons. The second-order valence-corrected chi connectivity index (χ2v) is 7.87. The van der Waals surface area contributed by atoms with Crippen molar-refractivity contribution in [2.24, 2.45) is 0 Å². The number of carbonyl (C=O) groups is 3. The summed E-state index contributed by atoms with van der Waals surface area (Å²) in [7, 11) is 0. The van der Waals surface area contributed by atoms with Gasteiger partial charge in [0.1, 0.15) is 18.7 Å². The van der Waals surface area contributed by atoms with Gasteiger partial charge in [0.2, 0.25) is 5.91 Å². The largest absolute Gasteiger partial charge is 0.480 e. The number of nitrogens with one attached hydrogen (secondary N) is 1. The van der Waals surface area contributed by atoms with E-state index in [4.69, 9.17) is 4.74 Å². The van der Waals surface area contributed by atoms with E-state index in [9.17, 15) is 19.5 Å². The number of carbonyl (C=O) groups excluding carboxylic acids is 2. The first-order chi connectivity index (χ1) is 14.9. The van der Waals surface area contributed by atoms with Crippen molar-refractivity contribution in [1.82, 2.24) is 10.2 Å². The zero-order valence-electron chi connectivity index (χ0n) is 17.8. The van der Waals surface area contributed by atoms with Crippen LogP contribution in [0.5, 0.6) is 0 Å². The molecule has 2 amide bonds. The Bertz CT molecular complexity index is 924. The van der Waals surface area contributed by atoms with Crippen LogP contribution in [0.3, 0.4) is 0 Å². The van der Waals surface area contributed by atoms with Gasteiger partial charge in [-0.15, -0.1) is 0 Å². The van der Waals surface area contributed by atoms with E-state index in [0.717, 1.165) is 22.3 Å². The van der Waals surface area contributed by atoms with Crippen LogP contribution in [0.4, 0.5) is 4.79 Å². The van der Waals surface area contributed by atoms with Gasteiger partial charge in [-0.25, -0.2) is 9.59 Å². The minimum Gasteiger partial charge on any atom is -0.480 e. The van der Waals surface area contributed by atoms with E-state index in [2.05, 4.69) is 5.32 Å². The molecule has 1 heterocycles. The SMILES string of the molecule is Cc1cccc(C)c1C[C@@H](NC(=O)[C@H]1CCCN1C(=O)OCc1ccccc1)C(=O)O. The van der Waals surface area contributed by atoms with Crippen LogP contribution in [0.2, 0.25) is 0 Å². The van der Waals surface area contributed by atoms with Crippen LogP contribution >= 0.6 is 0 Å². The highest BCUT2D eigenvalue weighted by Gasteiger charge is 2.37. The molecule has 0 spiro atoms. The molecule has 2 atom stereocenters. The first-order valence-electron chi connectivity index (χ1n) is 10.4. The standard InChI is InChI=1S/C24H28N2O5/c1-16-8-6-9-17(2)19(16)14-20(23(28)29)25-22(27)21-12-7-13-26(21)24(30)31-15-18-10-4-3-5-11-18/h3-6,8-11,20-21H,7,12-15H2,1-2H3,(H,25,27)(H,28,29)/t20-,21-/m1/s1. The average molecular weight is 424 g/mol. The third-order valence-electron chi connectivity index (χ3n) is 5.66. The highest BCUT2D eigenvalue weighted by Crippen LogP contribution is 2.20. The lowest BCUT2D eigenvalue weighted by Gasteiger charge is -2.25. The Labute approximate surface area is 182 Å². The van der Waals surface area contributed by atoms with Gasteiger partial charge in [0, 0.05) is 13.0 Å². The lowest BCUT2D eigenvalue weighted by atomic mass is 9.96. The molecule has 3 rings (SSSR count). The number of rotatable bonds is 7. The molecule has 0 aliphatic carbocycles. The fourth-order valence-electron chi connectivity index (χ4n) is 3.90. The number of ether oxygens (including phenoxy) is 1. The lowest BCUT2D eigenvalue weighted by Crippen LogP contribution is -2.51. The van der Waals surface area contributed by atoms with Gasteiger partial charge in [-0.1, -0.05) is 48.5 Å². The van der Waals surface area contributed by atoms with Crippen LogP contribution in [-0.4, -0.2) is 46.6 Å². The Balaban J connectivity index is 1.64. The van der Waals surface area contributed by atoms with Crippen LogP contribution in [0, 0.1) is 13.8 Å². The normalized spacial score (nSPS) is 16.6. The number of aliphatic carboxylic acids is 1. The Morgan fingerprint density at radius 2 is 1.77 bits per heavy atom. The van der Waals surface area contributed by atoms with Crippen molar-refractivity contribution < 1.29 is 24.2 Å². The van der Waals surface area contributed by atoms with Crippen molar-refractivity contribution in [2.75, 3.05) is 6.54 Å². The Morgan fingerprint density at radius 1 is 1.10 bits per heavy atom. The van der Waals surface area contributed by atoms with Crippen molar-refractivity contribution in [1.29, 1.82) is 0 Å². The smallest absolute Gasteiger partial charge is 0.410 e. The molecule has 0 saturated carbocycles. The Hall–Kier alpha value is -3.35. The minimum atomic E-state index is -1.10. The zero-order chi connectivity index (χ0) is 22.4. The van der Waals surface area contributed by atoms with Crippen molar-refractivity contribution >= 4 is 18.0 Å². The average Bonchev–Trinajstić information content (AvgIpc) is 3.24. The van der Waals surface area contributed by atoms with Gasteiger partial charge in [-0.2, -0.15) is 0 Å². The highest BCUT2D eigenvalue weighted by atomic mass is 16.6. The van der Waals surface area contributed by atoms with Crippen molar-refractivity contribution in [3.8, 4) is 0 Å². The number of hydrogen-bond donors (Lipinski definition) is 2. The number of nitrogens with zero attached hydrogens (tertiary/aromatic N) is 1. The quantitative estimate of drug-likeness (QED) is 0.712. The van der Waals surface area contributed by atoms with Crippen molar-refractivity contribution in [3.05, 3.63) is 70.8 Å². The number of carboxylic acid groups (broad SMARTS) is 1. The molecule has 7 heteroatoms. The van der Waals surface area contributed by atoms with Gasteiger partial charge in [-0.3, -0.25) is 9.69 Å². The van der Waals surface area contributed by atoms with E-state index in [0.29, 0.717) is 19.4 Å². The lowest BCUT2D eigenvalue weighted by molar-refractivity contribution is -0.142. The number of benzene rings is 2. The second-order valence-electron chi connectivity index (χ2n) is 7.87. The van der Waals surface area contributed by atoms with Gasteiger partial charge in [0.15, 0.2) is 0 Å². The molecule has 1 fully saturated rings. The maximum absolute atomic E-state index is 12.9. The summed E-state index contributed by atoms with van der Waals surface area (Å²) in [6, 6.07) is 13.3. The summed E-state index contributed by atoms with van der Waals surface area (Å²) < 4.78 is 5.36.